The number of anilines is 1. The first-order valence-corrected chi connectivity index (χ1v) is 4.60. The molecule has 0 aliphatic heterocycles. The van der Waals surface area contributed by atoms with Crippen molar-refractivity contribution in [1.29, 1.82) is 0 Å². The van der Waals surface area contributed by atoms with E-state index in [9.17, 15) is 4.79 Å². The quantitative estimate of drug-likeness (QED) is 0.738. The Morgan fingerprint density at radius 1 is 1.64 bits per heavy atom. The van der Waals surface area contributed by atoms with Crippen LogP contribution in [0.4, 0.5) is 5.13 Å². The van der Waals surface area contributed by atoms with E-state index in [2.05, 4.69) is 30.9 Å². The van der Waals surface area contributed by atoms with Crippen molar-refractivity contribution in [1.82, 2.24) is 25.6 Å². The summed E-state index contributed by atoms with van der Waals surface area (Å²) >= 11 is 1.35. The molecule has 7 nitrogen and oxygen atoms in total. The Kier molecular flexibility index (Phi) is 2.19. The maximum Gasteiger partial charge on any atom is 0.299 e. The van der Waals surface area contributed by atoms with E-state index in [1.54, 1.807) is 0 Å². The number of hydrogen-bond donors (Lipinski definition) is 2. The number of amides is 1. The fourth-order valence-corrected chi connectivity index (χ4v) is 1.51. The second-order valence-electron chi connectivity index (χ2n) is 2.48. The molecule has 0 atom stereocenters. The highest BCUT2D eigenvalue weighted by Gasteiger charge is 2.11. The Labute approximate surface area is 82.6 Å². The zero-order valence-corrected chi connectivity index (χ0v) is 8.00. The molecule has 0 unspecified atom stereocenters. The first-order chi connectivity index (χ1) is 6.75. The molecular formula is C6H6N6OS. The zero-order valence-electron chi connectivity index (χ0n) is 7.18. The van der Waals surface area contributed by atoms with Gasteiger partial charge >= 0.3 is 0 Å². The smallest absolute Gasteiger partial charge is 0.295 e. The van der Waals surface area contributed by atoms with Crippen LogP contribution in [0.2, 0.25) is 0 Å². The van der Waals surface area contributed by atoms with Crippen molar-refractivity contribution in [2.45, 2.75) is 6.92 Å². The fraction of sp³-hybridized carbons (Fsp3) is 0.167. The summed E-state index contributed by atoms with van der Waals surface area (Å²) in [5.74, 6) is -0.425. The second kappa shape index (κ2) is 3.50. The number of aryl methyl sites for hydroxylation is 1. The average molecular weight is 210 g/mol. The van der Waals surface area contributed by atoms with Crippen molar-refractivity contribution in [2.24, 2.45) is 0 Å². The van der Waals surface area contributed by atoms with Crippen molar-refractivity contribution in [3.05, 3.63) is 16.9 Å². The largest absolute Gasteiger partial charge is 0.299 e. The number of rotatable bonds is 2. The number of nitrogens with zero attached hydrogens (tertiary/aromatic N) is 4. The lowest BCUT2D eigenvalue weighted by Crippen LogP contribution is -2.13. The molecule has 2 aromatic heterocycles. The lowest BCUT2D eigenvalue weighted by Gasteiger charge is -1.94. The predicted octanol–water partition coefficient (Wildman–Crippen LogP) is 0.217. The molecule has 0 aliphatic carbocycles. The van der Waals surface area contributed by atoms with Gasteiger partial charge in [0.1, 0.15) is 0 Å². The van der Waals surface area contributed by atoms with E-state index < -0.39 is 5.91 Å². The summed E-state index contributed by atoms with van der Waals surface area (Å²) in [6.45, 7) is 1.85. The van der Waals surface area contributed by atoms with E-state index in [0.29, 0.717) is 5.13 Å². The number of aromatic nitrogens is 5. The molecule has 0 saturated carbocycles. The van der Waals surface area contributed by atoms with Gasteiger partial charge in [-0.2, -0.15) is 5.21 Å². The van der Waals surface area contributed by atoms with Gasteiger partial charge in [-0.25, -0.2) is 4.98 Å². The molecule has 0 spiro atoms. The SMILES string of the molecule is Cc1csc(NC(=O)c2nn[nH]n2)n1. The van der Waals surface area contributed by atoms with Crippen LogP contribution in [0.25, 0.3) is 0 Å². The lowest BCUT2D eigenvalue weighted by atomic mass is 10.6. The van der Waals surface area contributed by atoms with Crippen LogP contribution in [-0.4, -0.2) is 31.5 Å². The van der Waals surface area contributed by atoms with Crippen molar-refractivity contribution in [2.75, 3.05) is 5.32 Å². The molecule has 0 fully saturated rings. The van der Waals surface area contributed by atoms with Crippen molar-refractivity contribution < 1.29 is 4.79 Å². The van der Waals surface area contributed by atoms with Gasteiger partial charge < -0.3 is 0 Å². The van der Waals surface area contributed by atoms with Crippen LogP contribution in [0.5, 0.6) is 0 Å². The third-order valence-corrected chi connectivity index (χ3v) is 2.26. The van der Waals surface area contributed by atoms with Gasteiger partial charge in [0, 0.05) is 5.38 Å². The topological polar surface area (TPSA) is 96.5 Å². The number of carbonyl (C=O) groups is 1. The summed E-state index contributed by atoms with van der Waals surface area (Å²) in [4.78, 5) is 15.4. The van der Waals surface area contributed by atoms with Crippen LogP contribution in [0.1, 0.15) is 16.3 Å². The number of hydrogen-bond acceptors (Lipinski definition) is 6. The van der Waals surface area contributed by atoms with E-state index in [-0.39, 0.29) is 5.82 Å². The molecule has 1 amide bonds. The molecule has 14 heavy (non-hydrogen) atoms. The van der Waals surface area contributed by atoms with Crippen molar-refractivity contribution in [3.8, 4) is 0 Å². The van der Waals surface area contributed by atoms with Gasteiger partial charge in [0.05, 0.1) is 5.69 Å². The summed E-state index contributed by atoms with van der Waals surface area (Å²) in [5.41, 5.74) is 0.860. The molecule has 0 bridgehead atoms. The Morgan fingerprint density at radius 2 is 2.50 bits per heavy atom. The number of carbonyl (C=O) groups excluding carboxylic acids is 1. The Hall–Kier alpha value is -1.83. The van der Waals surface area contributed by atoms with Crippen LogP contribution in [0, 0.1) is 6.92 Å². The molecule has 0 radical (unpaired) electrons. The van der Waals surface area contributed by atoms with Gasteiger partial charge in [0.15, 0.2) is 5.13 Å². The summed E-state index contributed by atoms with van der Waals surface area (Å²) in [6, 6.07) is 0. The summed E-state index contributed by atoms with van der Waals surface area (Å²) in [5, 5.41) is 17.5. The lowest BCUT2D eigenvalue weighted by molar-refractivity contribution is 0.101. The number of thiazole rings is 1. The van der Waals surface area contributed by atoms with E-state index in [1.165, 1.54) is 11.3 Å². The van der Waals surface area contributed by atoms with Crippen LogP contribution < -0.4 is 5.32 Å². The van der Waals surface area contributed by atoms with E-state index in [4.69, 9.17) is 0 Å². The minimum absolute atomic E-state index is 0.00199. The molecule has 72 valence electrons. The van der Waals surface area contributed by atoms with Crippen LogP contribution in [-0.2, 0) is 0 Å². The predicted molar refractivity (Wildman–Crippen MR) is 49.0 cm³/mol. The highest BCUT2D eigenvalue weighted by molar-refractivity contribution is 7.13. The van der Waals surface area contributed by atoms with Crippen LogP contribution >= 0.6 is 11.3 Å². The van der Waals surface area contributed by atoms with Gasteiger partial charge in [-0.1, -0.05) is 0 Å². The molecule has 2 aromatic rings. The van der Waals surface area contributed by atoms with E-state index in [1.807, 2.05) is 12.3 Å². The normalized spacial score (nSPS) is 10.1. The molecule has 2 N–H and O–H groups in total. The third-order valence-electron chi connectivity index (χ3n) is 1.39. The molecule has 8 heteroatoms. The zero-order chi connectivity index (χ0) is 9.97. The number of H-pyrrole nitrogens is 1. The maximum atomic E-state index is 11.4. The second-order valence-corrected chi connectivity index (χ2v) is 3.34. The first-order valence-electron chi connectivity index (χ1n) is 3.72. The Morgan fingerprint density at radius 3 is 3.07 bits per heavy atom. The van der Waals surface area contributed by atoms with Crippen LogP contribution in [0.3, 0.4) is 0 Å². The number of nitrogens with one attached hydrogen (secondary N) is 2. The molecule has 2 heterocycles. The van der Waals surface area contributed by atoms with Gasteiger partial charge in [0.25, 0.3) is 11.7 Å². The van der Waals surface area contributed by atoms with Gasteiger partial charge in [-0.3, -0.25) is 10.1 Å². The molecule has 0 aromatic carbocycles. The standard InChI is InChI=1S/C6H6N6OS/c1-3-2-14-6(7-3)8-5(13)4-9-11-12-10-4/h2H,1H3,(H,7,8,13)(H,9,10,11,12). The monoisotopic (exact) mass is 210 g/mol. The molecule has 2 rings (SSSR count). The van der Waals surface area contributed by atoms with E-state index in [0.717, 1.165) is 5.69 Å². The van der Waals surface area contributed by atoms with Crippen LogP contribution in [0.15, 0.2) is 5.38 Å². The Balaban J connectivity index is 2.09. The first kappa shape index (κ1) is 8.75. The summed E-state index contributed by atoms with van der Waals surface area (Å²) in [6.07, 6.45) is 0. The minimum atomic E-state index is -0.423. The average Bonchev–Trinajstić information content (AvgIpc) is 2.75. The number of tetrazole rings is 1. The molecule has 0 saturated heterocycles. The fourth-order valence-electron chi connectivity index (χ4n) is 0.822. The van der Waals surface area contributed by atoms with Gasteiger partial charge in [-0.05, 0) is 12.1 Å². The molecule has 0 aliphatic rings. The highest BCUT2D eigenvalue weighted by Crippen LogP contribution is 2.14. The molecular weight excluding hydrogens is 204 g/mol. The Bertz CT molecular complexity index is 435. The van der Waals surface area contributed by atoms with Crippen molar-refractivity contribution in [3.63, 3.8) is 0 Å². The number of aromatic amines is 1. The highest BCUT2D eigenvalue weighted by atomic mass is 32.1. The van der Waals surface area contributed by atoms with Gasteiger partial charge in [-0.15, -0.1) is 21.5 Å². The van der Waals surface area contributed by atoms with Crippen molar-refractivity contribution >= 4 is 22.4 Å². The minimum Gasteiger partial charge on any atom is -0.295 e. The summed E-state index contributed by atoms with van der Waals surface area (Å²) in [7, 11) is 0. The van der Waals surface area contributed by atoms with E-state index >= 15 is 0 Å². The summed E-state index contributed by atoms with van der Waals surface area (Å²) < 4.78 is 0. The third kappa shape index (κ3) is 1.74. The maximum absolute atomic E-state index is 11.4. The van der Waals surface area contributed by atoms with Gasteiger partial charge in [0.2, 0.25) is 0 Å².